The Balaban J connectivity index is 1.34. The molecule has 0 unspecified atom stereocenters. The summed E-state index contributed by atoms with van der Waals surface area (Å²) in [5.41, 5.74) is 2.49. The van der Waals surface area contributed by atoms with E-state index in [9.17, 15) is 4.79 Å². The molecule has 4 aromatic rings. The molecule has 0 saturated carbocycles. The second-order valence-electron chi connectivity index (χ2n) is 7.62. The van der Waals surface area contributed by atoms with Gasteiger partial charge in [0.1, 0.15) is 5.01 Å². The number of benzene rings is 1. The van der Waals surface area contributed by atoms with E-state index in [-0.39, 0.29) is 18.4 Å². The van der Waals surface area contributed by atoms with Gasteiger partial charge in [0.25, 0.3) is 0 Å². The summed E-state index contributed by atoms with van der Waals surface area (Å²) in [5, 5.41) is 11.4. The van der Waals surface area contributed by atoms with Gasteiger partial charge in [-0.2, -0.15) is 0 Å². The Labute approximate surface area is 189 Å². The number of hydrogen-bond donors (Lipinski definition) is 0. The van der Waals surface area contributed by atoms with Crippen molar-refractivity contribution in [2.75, 3.05) is 20.8 Å². The number of carbonyl (C=O) groups excluding carboxylic acids is 1. The van der Waals surface area contributed by atoms with Gasteiger partial charge in [-0.3, -0.25) is 9.20 Å². The highest BCUT2D eigenvalue weighted by atomic mass is 32.1. The fourth-order valence-corrected chi connectivity index (χ4v) is 4.98. The fraction of sp³-hybridized carbons (Fsp3) is 0.304. The molecule has 3 aromatic heterocycles. The van der Waals surface area contributed by atoms with Gasteiger partial charge in [-0.25, -0.2) is 4.98 Å². The minimum absolute atomic E-state index is 0.0596. The van der Waals surface area contributed by atoms with Crippen LogP contribution in [0.25, 0.3) is 16.2 Å². The van der Waals surface area contributed by atoms with E-state index in [1.54, 1.807) is 14.2 Å². The zero-order valence-electron chi connectivity index (χ0n) is 17.9. The maximum Gasteiger partial charge on any atom is 0.229 e. The molecule has 164 valence electrons. The molecule has 8 nitrogen and oxygen atoms in total. The molecule has 9 heteroatoms. The van der Waals surface area contributed by atoms with Crippen molar-refractivity contribution < 1.29 is 14.3 Å². The van der Waals surface area contributed by atoms with Crippen LogP contribution < -0.4 is 9.47 Å². The SMILES string of the molecule is COc1ccc(-c2nc(CC(=O)N3CCC[C@@H]3c3nnc4ccccn34)cs2)cc1OC. The number of nitrogens with zero attached hydrogens (tertiary/aromatic N) is 5. The van der Waals surface area contributed by atoms with E-state index in [0.717, 1.165) is 47.1 Å². The third-order valence-electron chi connectivity index (χ3n) is 5.73. The molecule has 5 rings (SSSR count). The van der Waals surface area contributed by atoms with Crippen LogP contribution in [-0.2, 0) is 11.2 Å². The molecule has 4 heterocycles. The lowest BCUT2D eigenvalue weighted by atomic mass is 10.2. The minimum Gasteiger partial charge on any atom is -0.493 e. The summed E-state index contributed by atoms with van der Waals surface area (Å²) in [5.74, 6) is 2.20. The molecule has 1 aliphatic rings. The van der Waals surface area contributed by atoms with Crippen molar-refractivity contribution in [3.63, 3.8) is 0 Å². The number of thiazole rings is 1. The summed E-state index contributed by atoms with van der Waals surface area (Å²) in [6, 6.07) is 11.4. The van der Waals surface area contributed by atoms with Gasteiger partial charge in [-0.15, -0.1) is 21.5 Å². The molecule has 1 aromatic carbocycles. The van der Waals surface area contributed by atoms with Gasteiger partial charge in [0, 0.05) is 23.7 Å². The first-order chi connectivity index (χ1) is 15.7. The van der Waals surface area contributed by atoms with Crippen molar-refractivity contribution >= 4 is 22.9 Å². The maximum absolute atomic E-state index is 13.2. The quantitative estimate of drug-likeness (QED) is 0.446. The Bertz CT molecular complexity index is 1270. The van der Waals surface area contributed by atoms with E-state index >= 15 is 0 Å². The maximum atomic E-state index is 13.2. The van der Waals surface area contributed by atoms with Gasteiger partial charge in [0.2, 0.25) is 5.91 Å². The molecule has 0 spiro atoms. The zero-order valence-corrected chi connectivity index (χ0v) is 18.7. The lowest BCUT2D eigenvalue weighted by molar-refractivity contribution is -0.131. The second kappa shape index (κ2) is 8.58. The molecule has 0 bridgehead atoms. The van der Waals surface area contributed by atoms with E-state index in [2.05, 4.69) is 10.2 Å². The first kappa shape index (κ1) is 20.4. The highest BCUT2D eigenvalue weighted by molar-refractivity contribution is 7.13. The first-order valence-electron chi connectivity index (χ1n) is 10.4. The summed E-state index contributed by atoms with van der Waals surface area (Å²) < 4.78 is 12.7. The highest BCUT2D eigenvalue weighted by Crippen LogP contribution is 2.34. The van der Waals surface area contributed by atoms with Crippen LogP contribution in [0.15, 0.2) is 48.0 Å². The summed E-state index contributed by atoms with van der Waals surface area (Å²) in [6.45, 7) is 0.720. The van der Waals surface area contributed by atoms with Crippen LogP contribution in [0.1, 0.15) is 30.4 Å². The second-order valence-corrected chi connectivity index (χ2v) is 8.48. The number of amides is 1. The van der Waals surface area contributed by atoms with Gasteiger partial charge >= 0.3 is 0 Å². The Morgan fingerprint density at radius 3 is 2.88 bits per heavy atom. The van der Waals surface area contributed by atoms with Crippen molar-refractivity contribution in [3.8, 4) is 22.1 Å². The average Bonchev–Trinajstić information content (AvgIpc) is 3.57. The largest absolute Gasteiger partial charge is 0.493 e. The fourth-order valence-electron chi connectivity index (χ4n) is 4.17. The summed E-state index contributed by atoms with van der Waals surface area (Å²) in [7, 11) is 3.22. The molecule has 1 fully saturated rings. The predicted octanol–water partition coefficient (Wildman–Crippen LogP) is 3.78. The van der Waals surface area contributed by atoms with Crippen LogP contribution in [0.4, 0.5) is 0 Å². The molecule has 1 amide bonds. The van der Waals surface area contributed by atoms with E-state index in [1.807, 2.05) is 57.3 Å². The molecule has 1 atom stereocenters. The lowest BCUT2D eigenvalue weighted by Crippen LogP contribution is -2.32. The Morgan fingerprint density at radius 2 is 2.03 bits per heavy atom. The van der Waals surface area contributed by atoms with Gasteiger partial charge < -0.3 is 14.4 Å². The lowest BCUT2D eigenvalue weighted by Gasteiger charge is -2.23. The van der Waals surface area contributed by atoms with Crippen molar-refractivity contribution in [3.05, 3.63) is 59.5 Å². The topological polar surface area (TPSA) is 81.9 Å². The van der Waals surface area contributed by atoms with Gasteiger partial charge in [-0.05, 0) is 43.2 Å². The first-order valence-corrected chi connectivity index (χ1v) is 11.3. The van der Waals surface area contributed by atoms with Crippen molar-refractivity contribution in [1.82, 2.24) is 24.5 Å². The standard InChI is InChI=1S/C23H23N5O3S/c1-30-18-9-8-15(12-19(18)31-2)23-24-16(14-32-23)13-21(29)27-11-5-6-17(27)22-26-25-20-7-3-4-10-28(20)22/h3-4,7-10,12,14,17H,5-6,11,13H2,1-2H3/t17-/m1/s1. The molecule has 0 N–H and O–H groups in total. The molecule has 32 heavy (non-hydrogen) atoms. The average molecular weight is 450 g/mol. The predicted molar refractivity (Wildman–Crippen MR) is 121 cm³/mol. The number of fused-ring (bicyclic) bond motifs is 1. The minimum atomic E-state index is -0.0659. The Hall–Kier alpha value is -3.46. The third kappa shape index (κ3) is 3.69. The molecular weight excluding hydrogens is 426 g/mol. The van der Waals surface area contributed by atoms with Gasteiger partial charge in [0.05, 0.1) is 32.4 Å². The monoisotopic (exact) mass is 449 g/mol. The number of carbonyl (C=O) groups is 1. The van der Waals surface area contributed by atoms with Crippen LogP contribution in [0.3, 0.4) is 0 Å². The van der Waals surface area contributed by atoms with Crippen LogP contribution >= 0.6 is 11.3 Å². The Morgan fingerprint density at radius 1 is 1.16 bits per heavy atom. The molecule has 0 aliphatic carbocycles. The van der Waals surface area contributed by atoms with Crippen molar-refractivity contribution in [1.29, 1.82) is 0 Å². The van der Waals surface area contributed by atoms with E-state index in [4.69, 9.17) is 14.5 Å². The van der Waals surface area contributed by atoms with E-state index in [1.165, 1.54) is 11.3 Å². The van der Waals surface area contributed by atoms with Crippen LogP contribution in [0, 0.1) is 0 Å². The number of pyridine rings is 1. The van der Waals surface area contributed by atoms with Gasteiger partial charge in [0.15, 0.2) is 23.0 Å². The third-order valence-corrected chi connectivity index (χ3v) is 6.67. The summed E-state index contributed by atoms with van der Waals surface area (Å²) >= 11 is 1.52. The summed E-state index contributed by atoms with van der Waals surface area (Å²) in [4.78, 5) is 19.8. The molecule has 1 saturated heterocycles. The van der Waals surface area contributed by atoms with Crippen LogP contribution in [0.5, 0.6) is 11.5 Å². The Kier molecular flexibility index (Phi) is 5.48. The smallest absolute Gasteiger partial charge is 0.229 e. The summed E-state index contributed by atoms with van der Waals surface area (Å²) in [6.07, 6.45) is 4.04. The van der Waals surface area contributed by atoms with Crippen LogP contribution in [-0.4, -0.2) is 51.2 Å². The van der Waals surface area contributed by atoms with Crippen molar-refractivity contribution in [2.24, 2.45) is 0 Å². The number of likely N-dealkylation sites (tertiary alicyclic amines) is 1. The molecular formula is C23H23N5O3S. The van der Waals surface area contributed by atoms with E-state index < -0.39 is 0 Å². The zero-order chi connectivity index (χ0) is 22.1. The van der Waals surface area contributed by atoms with Crippen LogP contribution in [0.2, 0.25) is 0 Å². The molecule has 1 aliphatic heterocycles. The van der Waals surface area contributed by atoms with Crippen molar-refractivity contribution in [2.45, 2.75) is 25.3 Å². The highest BCUT2D eigenvalue weighted by Gasteiger charge is 2.33. The number of rotatable bonds is 6. The number of ether oxygens (including phenoxy) is 2. The number of aromatic nitrogens is 4. The number of methoxy groups -OCH3 is 2. The molecule has 0 radical (unpaired) electrons. The van der Waals surface area contributed by atoms with Gasteiger partial charge in [-0.1, -0.05) is 6.07 Å². The number of hydrogen-bond acceptors (Lipinski definition) is 7. The van der Waals surface area contributed by atoms with E-state index in [0.29, 0.717) is 11.5 Å². The normalized spacial score (nSPS) is 15.9.